The number of nitrogens with one attached hydrogen (secondary N) is 3. The van der Waals surface area contributed by atoms with Crippen molar-refractivity contribution in [2.24, 2.45) is 0 Å². The number of anilines is 1. The van der Waals surface area contributed by atoms with Crippen LogP contribution in [0, 0.1) is 0 Å². The van der Waals surface area contributed by atoms with E-state index in [2.05, 4.69) is 31.9 Å². The minimum Gasteiger partial charge on any atom is -0.352 e. The number of benzene rings is 2. The number of hydrogen-bond acceptors (Lipinski definition) is 3. The summed E-state index contributed by atoms with van der Waals surface area (Å²) in [7, 11) is 0. The highest BCUT2D eigenvalue weighted by molar-refractivity contribution is 9.10. The highest BCUT2D eigenvalue weighted by Gasteiger charge is 2.18. The van der Waals surface area contributed by atoms with E-state index in [0.29, 0.717) is 21.3 Å². The van der Waals surface area contributed by atoms with Gasteiger partial charge in [-0.1, -0.05) is 43.5 Å². The molecule has 2 aromatic rings. The molecule has 1 saturated carbocycles. The second kappa shape index (κ2) is 10.2. The molecule has 0 saturated heterocycles. The molecule has 1 aliphatic carbocycles. The zero-order chi connectivity index (χ0) is 20.6. The van der Waals surface area contributed by atoms with Crippen molar-refractivity contribution >= 4 is 39.3 Å². The molecule has 1 fully saturated rings. The third-order valence-corrected chi connectivity index (χ3v) is 5.61. The molecule has 3 amide bonds. The Morgan fingerprint density at radius 3 is 2.24 bits per heavy atom. The van der Waals surface area contributed by atoms with Gasteiger partial charge in [0.25, 0.3) is 11.8 Å². The highest BCUT2D eigenvalue weighted by atomic mass is 79.9. The largest absolute Gasteiger partial charge is 0.352 e. The number of hydrogen-bond donors (Lipinski definition) is 3. The lowest BCUT2D eigenvalue weighted by Crippen LogP contribution is -2.42. The number of rotatable bonds is 6. The Kier molecular flexibility index (Phi) is 7.41. The lowest BCUT2D eigenvalue weighted by atomic mass is 9.95. The lowest BCUT2D eigenvalue weighted by Gasteiger charge is -2.22. The van der Waals surface area contributed by atoms with Crippen LogP contribution in [0.3, 0.4) is 0 Å². The molecular formula is C22H24BrN3O3. The summed E-state index contributed by atoms with van der Waals surface area (Å²) in [6, 6.07) is 14.0. The second-order valence-corrected chi connectivity index (χ2v) is 7.92. The summed E-state index contributed by atoms with van der Waals surface area (Å²) in [5.41, 5.74) is 1.16. The summed E-state index contributed by atoms with van der Waals surface area (Å²) in [6.45, 7) is -0.0954. The Hall–Kier alpha value is -2.67. The first-order chi connectivity index (χ1) is 14.0. The van der Waals surface area contributed by atoms with Crippen LogP contribution in [0.4, 0.5) is 5.69 Å². The van der Waals surface area contributed by atoms with Gasteiger partial charge in [-0.3, -0.25) is 14.4 Å². The first-order valence-electron chi connectivity index (χ1n) is 9.77. The first kappa shape index (κ1) is 21.0. The predicted octanol–water partition coefficient (Wildman–Crippen LogP) is 3.88. The Morgan fingerprint density at radius 1 is 0.862 bits per heavy atom. The van der Waals surface area contributed by atoms with Crippen LogP contribution in [-0.2, 0) is 4.79 Å². The SMILES string of the molecule is O=C(CNC(=O)c1ccccc1NC(=O)c1ccccc1Br)NC1CCCCC1. The number of amides is 3. The molecule has 152 valence electrons. The van der Waals surface area contributed by atoms with Crippen molar-refractivity contribution in [1.29, 1.82) is 0 Å². The minimum absolute atomic E-state index is 0.0954. The maximum Gasteiger partial charge on any atom is 0.256 e. The smallest absolute Gasteiger partial charge is 0.256 e. The van der Waals surface area contributed by atoms with Gasteiger partial charge in [-0.15, -0.1) is 0 Å². The summed E-state index contributed by atoms with van der Waals surface area (Å²) in [5, 5.41) is 8.38. The summed E-state index contributed by atoms with van der Waals surface area (Å²) < 4.78 is 0.666. The van der Waals surface area contributed by atoms with Gasteiger partial charge in [0.05, 0.1) is 23.4 Å². The monoisotopic (exact) mass is 457 g/mol. The lowest BCUT2D eigenvalue weighted by molar-refractivity contribution is -0.121. The quantitative estimate of drug-likeness (QED) is 0.614. The molecule has 0 aromatic heterocycles. The molecule has 0 unspecified atom stereocenters. The molecule has 0 aliphatic heterocycles. The molecule has 3 N–H and O–H groups in total. The van der Waals surface area contributed by atoms with Crippen LogP contribution in [0.25, 0.3) is 0 Å². The molecular weight excluding hydrogens is 434 g/mol. The van der Waals surface area contributed by atoms with Crippen molar-refractivity contribution in [2.45, 2.75) is 38.1 Å². The van der Waals surface area contributed by atoms with E-state index >= 15 is 0 Å². The first-order valence-corrected chi connectivity index (χ1v) is 10.6. The van der Waals surface area contributed by atoms with Crippen molar-refractivity contribution in [2.75, 3.05) is 11.9 Å². The maximum atomic E-state index is 12.6. The fourth-order valence-electron chi connectivity index (χ4n) is 3.41. The van der Waals surface area contributed by atoms with E-state index in [1.54, 1.807) is 42.5 Å². The molecule has 7 heteroatoms. The summed E-state index contributed by atoms with van der Waals surface area (Å²) in [6.07, 6.45) is 5.45. The van der Waals surface area contributed by atoms with E-state index in [1.807, 2.05) is 6.07 Å². The molecule has 0 bridgehead atoms. The van der Waals surface area contributed by atoms with E-state index in [4.69, 9.17) is 0 Å². The Morgan fingerprint density at radius 2 is 1.52 bits per heavy atom. The van der Waals surface area contributed by atoms with E-state index in [1.165, 1.54) is 6.42 Å². The summed E-state index contributed by atoms with van der Waals surface area (Å²) in [5.74, 6) is -0.931. The fourth-order valence-corrected chi connectivity index (χ4v) is 3.87. The average molecular weight is 458 g/mol. The van der Waals surface area contributed by atoms with E-state index < -0.39 is 5.91 Å². The van der Waals surface area contributed by atoms with Crippen LogP contribution in [0.5, 0.6) is 0 Å². The molecule has 2 aromatic carbocycles. The number of carbonyl (C=O) groups excluding carboxylic acids is 3. The predicted molar refractivity (Wildman–Crippen MR) is 116 cm³/mol. The van der Waals surface area contributed by atoms with Gasteiger partial charge in [0.15, 0.2) is 0 Å². The van der Waals surface area contributed by atoms with Gasteiger partial charge in [-0.25, -0.2) is 0 Å². The Balaban J connectivity index is 1.60. The van der Waals surface area contributed by atoms with Crippen molar-refractivity contribution in [3.05, 3.63) is 64.1 Å². The third-order valence-electron chi connectivity index (χ3n) is 4.92. The van der Waals surface area contributed by atoms with Crippen LogP contribution in [0.1, 0.15) is 52.8 Å². The molecule has 29 heavy (non-hydrogen) atoms. The van der Waals surface area contributed by atoms with E-state index in [0.717, 1.165) is 25.7 Å². The fraction of sp³-hybridized carbons (Fsp3) is 0.318. The minimum atomic E-state index is -0.410. The standard InChI is InChI=1S/C22H24BrN3O3/c23-18-12-6-4-10-16(18)22(29)26-19-13-7-5-11-17(19)21(28)24-14-20(27)25-15-8-2-1-3-9-15/h4-7,10-13,15H,1-3,8-9,14H2,(H,24,28)(H,25,27)(H,26,29). The maximum absolute atomic E-state index is 12.6. The normalized spacial score (nSPS) is 14.1. The van der Waals surface area contributed by atoms with Crippen LogP contribution in [0.2, 0.25) is 0 Å². The van der Waals surface area contributed by atoms with Crippen molar-refractivity contribution in [3.8, 4) is 0 Å². The third kappa shape index (κ3) is 5.90. The van der Waals surface area contributed by atoms with Gasteiger partial charge in [0, 0.05) is 10.5 Å². The van der Waals surface area contributed by atoms with E-state index in [-0.39, 0.29) is 24.4 Å². The topological polar surface area (TPSA) is 87.3 Å². The average Bonchev–Trinajstić information content (AvgIpc) is 2.73. The Labute approximate surface area is 178 Å². The van der Waals surface area contributed by atoms with Gasteiger partial charge in [-0.05, 0) is 53.0 Å². The zero-order valence-electron chi connectivity index (χ0n) is 16.0. The van der Waals surface area contributed by atoms with Crippen molar-refractivity contribution < 1.29 is 14.4 Å². The second-order valence-electron chi connectivity index (χ2n) is 7.06. The summed E-state index contributed by atoms with van der Waals surface area (Å²) >= 11 is 3.35. The molecule has 1 aliphatic rings. The van der Waals surface area contributed by atoms with Gasteiger partial charge in [-0.2, -0.15) is 0 Å². The van der Waals surface area contributed by atoms with Crippen molar-refractivity contribution in [3.63, 3.8) is 0 Å². The number of halogens is 1. The molecule has 3 rings (SSSR count). The van der Waals surface area contributed by atoms with Crippen LogP contribution >= 0.6 is 15.9 Å². The van der Waals surface area contributed by atoms with Crippen LogP contribution < -0.4 is 16.0 Å². The van der Waals surface area contributed by atoms with Gasteiger partial charge >= 0.3 is 0 Å². The summed E-state index contributed by atoms with van der Waals surface area (Å²) in [4.78, 5) is 37.3. The van der Waals surface area contributed by atoms with Gasteiger partial charge in [0.2, 0.25) is 5.91 Å². The van der Waals surface area contributed by atoms with Crippen LogP contribution in [-0.4, -0.2) is 30.3 Å². The highest BCUT2D eigenvalue weighted by Crippen LogP contribution is 2.20. The number of carbonyl (C=O) groups is 3. The molecule has 6 nitrogen and oxygen atoms in total. The van der Waals surface area contributed by atoms with Gasteiger partial charge < -0.3 is 16.0 Å². The Bertz CT molecular complexity index is 894. The molecule has 0 atom stereocenters. The zero-order valence-corrected chi connectivity index (χ0v) is 17.6. The van der Waals surface area contributed by atoms with Crippen molar-refractivity contribution in [1.82, 2.24) is 10.6 Å². The molecule has 0 radical (unpaired) electrons. The van der Waals surface area contributed by atoms with Gasteiger partial charge in [0.1, 0.15) is 0 Å². The van der Waals surface area contributed by atoms with E-state index in [9.17, 15) is 14.4 Å². The molecule has 0 heterocycles. The number of para-hydroxylation sites is 1. The molecule has 0 spiro atoms. The van der Waals surface area contributed by atoms with Crippen LogP contribution in [0.15, 0.2) is 53.0 Å².